The van der Waals surface area contributed by atoms with Crippen molar-refractivity contribution in [1.29, 1.82) is 0 Å². The molecule has 3 rings (SSSR count). The lowest BCUT2D eigenvalue weighted by molar-refractivity contribution is 0.207. The van der Waals surface area contributed by atoms with Crippen LogP contribution in [0.3, 0.4) is 0 Å². The lowest BCUT2D eigenvalue weighted by Crippen LogP contribution is -2.38. The van der Waals surface area contributed by atoms with E-state index in [9.17, 15) is 4.79 Å². The molecule has 5 heteroatoms. The highest BCUT2D eigenvalue weighted by Gasteiger charge is 2.22. The molecule has 0 radical (unpaired) electrons. The fourth-order valence-electron chi connectivity index (χ4n) is 3.17. The Hall–Kier alpha value is -1.68. The van der Waals surface area contributed by atoms with E-state index >= 15 is 0 Å². The summed E-state index contributed by atoms with van der Waals surface area (Å²) >= 11 is 6.34. The zero-order valence-corrected chi connectivity index (χ0v) is 14.7. The highest BCUT2D eigenvalue weighted by Crippen LogP contribution is 2.29. The molecular weight excluding hydrogens is 310 g/mol. The minimum atomic E-state index is 0.0221. The van der Waals surface area contributed by atoms with Gasteiger partial charge in [0.1, 0.15) is 0 Å². The van der Waals surface area contributed by atoms with E-state index < -0.39 is 0 Å². The molecule has 1 aliphatic heterocycles. The third-order valence-electron chi connectivity index (χ3n) is 4.56. The number of aromatic nitrogens is 1. The third-order valence-corrected chi connectivity index (χ3v) is 4.88. The van der Waals surface area contributed by atoms with E-state index in [1.165, 1.54) is 0 Å². The Morgan fingerprint density at radius 2 is 2.22 bits per heavy atom. The predicted molar refractivity (Wildman–Crippen MR) is 95.0 cm³/mol. The van der Waals surface area contributed by atoms with Crippen LogP contribution in [0.25, 0.3) is 10.9 Å². The highest BCUT2D eigenvalue weighted by molar-refractivity contribution is 6.32. The number of hydrogen-bond acceptors (Lipinski definition) is 1. The van der Waals surface area contributed by atoms with Crippen molar-refractivity contribution in [3.05, 3.63) is 34.5 Å². The number of amides is 2. The second-order valence-corrected chi connectivity index (χ2v) is 7.32. The van der Waals surface area contributed by atoms with Gasteiger partial charge in [-0.3, -0.25) is 0 Å². The number of nitrogens with one attached hydrogen (secondary N) is 2. The average molecular weight is 334 g/mol. The van der Waals surface area contributed by atoms with Crippen molar-refractivity contribution in [3.63, 3.8) is 0 Å². The minimum Gasteiger partial charge on any atom is -0.357 e. The van der Waals surface area contributed by atoms with E-state index in [0.717, 1.165) is 46.7 Å². The van der Waals surface area contributed by atoms with E-state index in [-0.39, 0.29) is 6.03 Å². The SMILES string of the molecule is CC1CCN(C(=O)NCc2cc3cc(Cl)c(C(C)C)cc3[nH]2)C1. The first kappa shape index (κ1) is 16.2. The van der Waals surface area contributed by atoms with E-state index in [2.05, 4.69) is 43.2 Å². The number of halogens is 1. The first-order chi connectivity index (χ1) is 10.9. The number of fused-ring (bicyclic) bond motifs is 1. The highest BCUT2D eigenvalue weighted by atomic mass is 35.5. The van der Waals surface area contributed by atoms with Gasteiger partial charge >= 0.3 is 6.03 Å². The van der Waals surface area contributed by atoms with E-state index in [1.807, 2.05) is 11.0 Å². The Morgan fingerprint density at radius 1 is 1.43 bits per heavy atom. The quantitative estimate of drug-likeness (QED) is 0.853. The Kier molecular flexibility index (Phi) is 4.53. The molecule has 1 fully saturated rings. The van der Waals surface area contributed by atoms with Crippen LogP contribution >= 0.6 is 11.6 Å². The lowest BCUT2D eigenvalue weighted by atomic mass is 10.0. The maximum Gasteiger partial charge on any atom is 0.317 e. The molecule has 1 saturated heterocycles. The van der Waals surface area contributed by atoms with Crippen molar-refractivity contribution >= 4 is 28.5 Å². The van der Waals surface area contributed by atoms with Gasteiger partial charge in [0.25, 0.3) is 0 Å². The van der Waals surface area contributed by atoms with Crippen molar-refractivity contribution in [2.75, 3.05) is 13.1 Å². The number of likely N-dealkylation sites (tertiary alicyclic amines) is 1. The molecule has 1 unspecified atom stereocenters. The fourth-order valence-corrected chi connectivity index (χ4v) is 3.56. The molecule has 2 N–H and O–H groups in total. The summed E-state index contributed by atoms with van der Waals surface area (Å²) in [6, 6.07) is 6.18. The number of H-pyrrole nitrogens is 1. The number of benzene rings is 1. The summed E-state index contributed by atoms with van der Waals surface area (Å²) in [5.41, 5.74) is 3.21. The van der Waals surface area contributed by atoms with Crippen LogP contribution in [-0.4, -0.2) is 29.0 Å². The summed E-state index contributed by atoms with van der Waals surface area (Å²) in [4.78, 5) is 17.4. The molecule has 4 nitrogen and oxygen atoms in total. The summed E-state index contributed by atoms with van der Waals surface area (Å²) in [5.74, 6) is 0.987. The topological polar surface area (TPSA) is 48.1 Å². The number of hydrogen-bond donors (Lipinski definition) is 2. The van der Waals surface area contributed by atoms with Gasteiger partial charge in [-0.2, -0.15) is 0 Å². The summed E-state index contributed by atoms with van der Waals surface area (Å²) in [7, 11) is 0. The molecule has 23 heavy (non-hydrogen) atoms. The van der Waals surface area contributed by atoms with Gasteiger partial charge in [0.05, 0.1) is 6.54 Å². The largest absolute Gasteiger partial charge is 0.357 e. The number of aromatic amines is 1. The Morgan fingerprint density at radius 3 is 2.87 bits per heavy atom. The number of carbonyl (C=O) groups is 1. The first-order valence-electron chi connectivity index (χ1n) is 8.28. The zero-order valence-electron chi connectivity index (χ0n) is 13.9. The van der Waals surface area contributed by atoms with Gasteiger partial charge in [0.2, 0.25) is 0 Å². The van der Waals surface area contributed by atoms with Gasteiger partial charge in [-0.1, -0.05) is 32.4 Å². The molecule has 0 bridgehead atoms. The minimum absolute atomic E-state index is 0.0221. The van der Waals surface area contributed by atoms with Gasteiger partial charge in [-0.05, 0) is 42.0 Å². The molecular formula is C18H24ClN3O. The second kappa shape index (κ2) is 6.44. The number of carbonyl (C=O) groups excluding carboxylic acids is 1. The Balaban J connectivity index is 1.70. The second-order valence-electron chi connectivity index (χ2n) is 6.91. The van der Waals surface area contributed by atoms with Crippen LogP contribution in [-0.2, 0) is 6.54 Å². The smallest absolute Gasteiger partial charge is 0.317 e. The molecule has 0 saturated carbocycles. The molecule has 1 aromatic heterocycles. The monoisotopic (exact) mass is 333 g/mol. The van der Waals surface area contributed by atoms with Gasteiger partial charge in [0.15, 0.2) is 0 Å². The number of nitrogens with zero attached hydrogens (tertiary/aromatic N) is 1. The van der Waals surface area contributed by atoms with Crippen LogP contribution in [0, 0.1) is 5.92 Å². The van der Waals surface area contributed by atoms with Crippen molar-refractivity contribution < 1.29 is 4.79 Å². The Bertz CT molecular complexity index is 722. The van der Waals surface area contributed by atoms with Gasteiger partial charge in [-0.15, -0.1) is 0 Å². The molecule has 2 aromatic rings. The van der Waals surface area contributed by atoms with E-state index in [1.54, 1.807) is 0 Å². The van der Waals surface area contributed by atoms with Gasteiger partial charge in [0, 0.05) is 34.7 Å². The predicted octanol–water partition coefficient (Wildman–Crippen LogP) is 4.50. The molecule has 2 amide bonds. The summed E-state index contributed by atoms with van der Waals surface area (Å²) in [5, 5.41) is 4.88. The standard InChI is InChI=1S/C18H24ClN3O/c1-11(2)15-8-17-13(7-16(15)19)6-14(21-17)9-20-18(23)22-5-4-12(3)10-22/h6-8,11-12,21H,4-5,9-10H2,1-3H3,(H,20,23). The van der Waals surface area contributed by atoms with E-state index in [0.29, 0.717) is 18.4 Å². The van der Waals surface area contributed by atoms with Crippen LogP contribution in [0.1, 0.15) is 44.4 Å². The van der Waals surface area contributed by atoms with Crippen LogP contribution in [0.5, 0.6) is 0 Å². The molecule has 124 valence electrons. The summed E-state index contributed by atoms with van der Waals surface area (Å²) < 4.78 is 0. The van der Waals surface area contributed by atoms with Crippen molar-refractivity contribution in [1.82, 2.24) is 15.2 Å². The fraction of sp³-hybridized carbons (Fsp3) is 0.500. The summed E-state index contributed by atoms with van der Waals surface area (Å²) in [6.07, 6.45) is 1.09. The molecule has 0 spiro atoms. The Labute approximate surface area is 142 Å². The third kappa shape index (κ3) is 3.47. The van der Waals surface area contributed by atoms with Gasteiger partial charge in [-0.25, -0.2) is 4.79 Å². The average Bonchev–Trinajstić information content (AvgIpc) is 3.09. The van der Waals surface area contributed by atoms with Crippen LogP contribution in [0.15, 0.2) is 18.2 Å². The van der Waals surface area contributed by atoms with Crippen molar-refractivity contribution in [3.8, 4) is 0 Å². The molecule has 2 heterocycles. The van der Waals surface area contributed by atoms with Crippen molar-refractivity contribution in [2.45, 2.75) is 39.7 Å². The van der Waals surface area contributed by atoms with Crippen LogP contribution in [0.4, 0.5) is 4.79 Å². The zero-order chi connectivity index (χ0) is 16.6. The maximum absolute atomic E-state index is 12.2. The number of urea groups is 1. The van der Waals surface area contributed by atoms with Crippen LogP contribution in [0.2, 0.25) is 5.02 Å². The molecule has 1 aromatic carbocycles. The normalized spacial score (nSPS) is 18.1. The number of rotatable bonds is 3. The van der Waals surface area contributed by atoms with E-state index in [4.69, 9.17) is 11.6 Å². The van der Waals surface area contributed by atoms with Crippen molar-refractivity contribution in [2.24, 2.45) is 5.92 Å². The maximum atomic E-state index is 12.2. The van der Waals surface area contributed by atoms with Gasteiger partial charge < -0.3 is 15.2 Å². The summed E-state index contributed by atoms with van der Waals surface area (Å²) in [6.45, 7) is 8.66. The first-order valence-corrected chi connectivity index (χ1v) is 8.65. The molecule has 1 atom stereocenters. The lowest BCUT2D eigenvalue weighted by Gasteiger charge is -2.16. The molecule has 0 aliphatic carbocycles. The molecule has 1 aliphatic rings. The van der Waals surface area contributed by atoms with Crippen LogP contribution < -0.4 is 5.32 Å².